The second kappa shape index (κ2) is 5.01. The van der Waals surface area contributed by atoms with Crippen LogP contribution < -0.4 is 4.74 Å². The van der Waals surface area contributed by atoms with E-state index >= 15 is 0 Å². The van der Waals surface area contributed by atoms with E-state index in [1.54, 1.807) is 19.2 Å². The van der Waals surface area contributed by atoms with Gasteiger partial charge in [0.15, 0.2) is 5.78 Å². The van der Waals surface area contributed by atoms with E-state index in [1.165, 1.54) is 0 Å². The number of aryl methyl sites for hydroxylation is 1. The summed E-state index contributed by atoms with van der Waals surface area (Å²) in [6, 6.07) is 5.42. The minimum Gasteiger partial charge on any atom is -0.497 e. The molecule has 0 aliphatic heterocycles. The van der Waals surface area contributed by atoms with Gasteiger partial charge in [0.2, 0.25) is 0 Å². The Morgan fingerprint density at radius 2 is 2.21 bits per heavy atom. The van der Waals surface area contributed by atoms with E-state index in [-0.39, 0.29) is 5.78 Å². The normalized spacial score (nSPS) is 9.93. The summed E-state index contributed by atoms with van der Waals surface area (Å²) in [5.74, 6) is 1.22. The molecule has 0 saturated heterocycles. The Morgan fingerprint density at radius 3 is 2.71 bits per heavy atom. The van der Waals surface area contributed by atoms with Crippen LogP contribution in [0.25, 0.3) is 0 Å². The topological polar surface area (TPSA) is 26.3 Å². The van der Waals surface area contributed by atoms with Gasteiger partial charge in [-0.15, -0.1) is 11.6 Å². The molecule has 0 aliphatic carbocycles. The summed E-state index contributed by atoms with van der Waals surface area (Å²) in [5.41, 5.74) is 1.66. The van der Waals surface area contributed by atoms with E-state index in [4.69, 9.17) is 16.3 Å². The third kappa shape index (κ3) is 2.48. The zero-order chi connectivity index (χ0) is 10.6. The van der Waals surface area contributed by atoms with Crippen molar-refractivity contribution in [1.82, 2.24) is 0 Å². The highest BCUT2D eigenvalue weighted by Crippen LogP contribution is 2.18. The predicted octanol–water partition coefficient (Wildman–Crippen LogP) is 2.82. The standard InChI is InChI=1S/C11H13ClO2/c1-8-7-9(14-2)3-4-10(8)11(13)5-6-12/h3-4,7H,5-6H2,1-2H3. The molecule has 14 heavy (non-hydrogen) atoms. The van der Waals surface area contributed by atoms with Crippen LogP contribution >= 0.6 is 11.6 Å². The predicted molar refractivity (Wildman–Crippen MR) is 57.4 cm³/mol. The molecule has 0 atom stereocenters. The molecule has 76 valence electrons. The maximum absolute atomic E-state index is 11.5. The van der Waals surface area contributed by atoms with Crippen LogP contribution in [-0.4, -0.2) is 18.8 Å². The number of ketones is 1. The zero-order valence-corrected chi connectivity index (χ0v) is 9.10. The number of carbonyl (C=O) groups is 1. The number of hydrogen-bond donors (Lipinski definition) is 0. The van der Waals surface area contributed by atoms with Crippen molar-refractivity contribution in [2.75, 3.05) is 13.0 Å². The third-order valence-corrected chi connectivity index (χ3v) is 2.24. The number of alkyl halides is 1. The SMILES string of the molecule is COc1ccc(C(=O)CCCl)c(C)c1. The average molecular weight is 213 g/mol. The van der Waals surface area contributed by atoms with Crippen LogP contribution in [0.4, 0.5) is 0 Å². The van der Waals surface area contributed by atoms with E-state index < -0.39 is 0 Å². The first kappa shape index (κ1) is 11.1. The van der Waals surface area contributed by atoms with Gasteiger partial charge in [0.1, 0.15) is 5.75 Å². The Labute approximate surface area is 88.8 Å². The molecule has 0 unspecified atom stereocenters. The molecule has 0 bridgehead atoms. The van der Waals surface area contributed by atoms with Crippen LogP contribution in [0.2, 0.25) is 0 Å². The number of ether oxygens (including phenoxy) is 1. The van der Waals surface area contributed by atoms with E-state index in [1.807, 2.05) is 13.0 Å². The van der Waals surface area contributed by atoms with Crippen LogP contribution in [-0.2, 0) is 0 Å². The Balaban J connectivity index is 2.94. The average Bonchev–Trinajstić information content (AvgIpc) is 2.17. The molecule has 0 saturated carbocycles. The molecule has 1 aromatic rings. The summed E-state index contributed by atoms with van der Waals surface area (Å²) in [4.78, 5) is 11.5. The Bertz CT molecular complexity index is 334. The van der Waals surface area contributed by atoms with Gasteiger partial charge >= 0.3 is 0 Å². The first-order valence-electron chi connectivity index (χ1n) is 4.43. The number of methoxy groups -OCH3 is 1. The van der Waals surface area contributed by atoms with E-state index in [9.17, 15) is 4.79 Å². The summed E-state index contributed by atoms with van der Waals surface area (Å²) < 4.78 is 5.05. The Kier molecular flexibility index (Phi) is 3.96. The maximum Gasteiger partial charge on any atom is 0.164 e. The zero-order valence-electron chi connectivity index (χ0n) is 8.34. The van der Waals surface area contributed by atoms with Crippen molar-refractivity contribution < 1.29 is 9.53 Å². The number of benzene rings is 1. The van der Waals surface area contributed by atoms with Crippen molar-refractivity contribution in [3.05, 3.63) is 29.3 Å². The van der Waals surface area contributed by atoms with Gasteiger partial charge in [-0.25, -0.2) is 0 Å². The molecule has 0 heterocycles. The van der Waals surface area contributed by atoms with Gasteiger partial charge in [0.05, 0.1) is 7.11 Å². The summed E-state index contributed by atoms with van der Waals surface area (Å²) in [5, 5.41) is 0. The number of halogens is 1. The van der Waals surface area contributed by atoms with Gasteiger partial charge in [-0.05, 0) is 30.7 Å². The summed E-state index contributed by atoms with van der Waals surface area (Å²) in [6.07, 6.45) is 0.384. The molecule has 2 nitrogen and oxygen atoms in total. The van der Waals surface area contributed by atoms with Crippen LogP contribution in [0.5, 0.6) is 5.75 Å². The fraction of sp³-hybridized carbons (Fsp3) is 0.364. The summed E-state index contributed by atoms with van der Waals surface area (Å²) >= 11 is 5.51. The number of rotatable bonds is 4. The number of Topliss-reactive ketones (excluding diaryl/α,β-unsaturated/α-hetero) is 1. The monoisotopic (exact) mass is 212 g/mol. The molecule has 3 heteroatoms. The smallest absolute Gasteiger partial charge is 0.164 e. The molecule has 1 rings (SSSR count). The minimum absolute atomic E-state index is 0.0835. The van der Waals surface area contributed by atoms with Gasteiger partial charge < -0.3 is 4.74 Å². The van der Waals surface area contributed by atoms with E-state index in [0.717, 1.165) is 16.9 Å². The lowest BCUT2D eigenvalue weighted by Crippen LogP contribution is -2.02. The van der Waals surface area contributed by atoms with Crippen LogP contribution in [0.1, 0.15) is 22.3 Å². The fourth-order valence-electron chi connectivity index (χ4n) is 1.30. The third-order valence-electron chi connectivity index (χ3n) is 2.06. The van der Waals surface area contributed by atoms with Gasteiger partial charge in [-0.2, -0.15) is 0 Å². The highest BCUT2D eigenvalue weighted by Gasteiger charge is 2.08. The molecular weight excluding hydrogens is 200 g/mol. The van der Waals surface area contributed by atoms with Gasteiger partial charge in [0, 0.05) is 17.9 Å². The van der Waals surface area contributed by atoms with Crippen molar-refractivity contribution >= 4 is 17.4 Å². The Morgan fingerprint density at radius 1 is 1.50 bits per heavy atom. The van der Waals surface area contributed by atoms with Crippen molar-refractivity contribution in [2.45, 2.75) is 13.3 Å². The van der Waals surface area contributed by atoms with Gasteiger partial charge in [0.25, 0.3) is 0 Å². The lowest BCUT2D eigenvalue weighted by Gasteiger charge is -2.06. The van der Waals surface area contributed by atoms with Crippen LogP contribution in [0, 0.1) is 6.92 Å². The molecule has 0 radical (unpaired) electrons. The van der Waals surface area contributed by atoms with Crippen molar-refractivity contribution in [1.29, 1.82) is 0 Å². The number of carbonyl (C=O) groups excluding carboxylic acids is 1. The molecule has 0 spiro atoms. The van der Waals surface area contributed by atoms with Gasteiger partial charge in [-0.1, -0.05) is 0 Å². The lowest BCUT2D eigenvalue weighted by atomic mass is 10.0. The first-order valence-corrected chi connectivity index (χ1v) is 4.96. The maximum atomic E-state index is 11.5. The second-order valence-electron chi connectivity index (χ2n) is 3.04. The molecule has 0 fully saturated rings. The lowest BCUT2D eigenvalue weighted by molar-refractivity contribution is 0.0988. The highest BCUT2D eigenvalue weighted by molar-refractivity contribution is 6.19. The molecular formula is C11H13ClO2. The minimum atomic E-state index is 0.0835. The molecule has 0 aromatic heterocycles. The van der Waals surface area contributed by atoms with Gasteiger partial charge in [-0.3, -0.25) is 4.79 Å². The fourth-order valence-corrected chi connectivity index (χ4v) is 1.47. The van der Waals surface area contributed by atoms with Crippen molar-refractivity contribution in [3.8, 4) is 5.75 Å². The van der Waals surface area contributed by atoms with Crippen LogP contribution in [0.3, 0.4) is 0 Å². The Hall–Kier alpha value is -1.02. The van der Waals surface area contributed by atoms with Crippen molar-refractivity contribution in [2.24, 2.45) is 0 Å². The second-order valence-corrected chi connectivity index (χ2v) is 3.42. The van der Waals surface area contributed by atoms with Crippen molar-refractivity contribution in [3.63, 3.8) is 0 Å². The molecule has 1 aromatic carbocycles. The molecule has 0 amide bonds. The van der Waals surface area contributed by atoms with E-state index in [2.05, 4.69) is 0 Å². The number of hydrogen-bond acceptors (Lipinski definition) is 2. The highest BCUT2D eigenvalue weighted by atomic mass is 35.5. The van der Waals surface area contributed by atoms with Crippen LogP contribution in [0.15, 0.2) is 18.2 Å². The largest absolute Gasteiger partial charge is 0.497 e. The first-order chi connectivity index (χ1) is 6.69. The molecule has 0 N–H and O–H groups in total. The quantitative estimate of drug-likeness (QED) is 0.567. The molecule has 0 aliphatic rings. The van der Waals surface area contributed by atoms with E-state index in [0.29, 0.717) is 12.3 Å². The summed E-state index contributed by atoms with van der Waals surface area (Å²) in [6.45, 7) is 1.89. The summed E-state index contributed by atoms with van der Waals surface area (Å²) in [7, 11) is 1.61.